The van der Waals surface area contributed by atoms with Crippen LogP contribution in [0.25, 0.3) is 0 Å². The summed E-state index contributed by atoms with van der Waals surface area (Å²) in [5, 5.41) is 13.9. The summed E-state index contributed by atoms with van der Waals surface area (Å²) in [5.74, 6) is -1.65. The van der Waals surface area contributed by atoms with Crippen LogP contribution in [-0.2, 0) is 25.8 Å². The Labute approximate surface area is 129 Å². The Balaban J connectivity index is 2.63. The second-order valence-electron chi connectivity index (χ2n) is 4.94. The lowest BCUT2D eigenvalue weighted by Gasteiger charge is -2.17. The Bertz CT molecular complexity index is 601. The fourth-order valence-corrected chi connectivity index (χ4v) is 2.27. The highest BCUT2D eigenvalue weighted by Gasteiger charge is 2.19. The molecule has 1 amide bonds. The average molecular weight is 328 g/mol. The molecular formula is C14H20N2O5S. The number of nitrogens with one attached hydrogen (secondary N) is 2. The molecule has 8 heteroatoms. The lowest BCUT2D eigenvalue weighted by atomic mass is 10.1. The second kappa shape index (κ2) is 8.50. The maximum Gasteiger partial charge on any atom is 0.317 e. The van der Waals surface area contributed by atoms with Crippen LogP contribution in [0.5, 0.6) is 0 Å². The second-order valence-corrected chi connectivity index (χ2v) is 7.20. The summed E-state index contributed by atoms with van der Waals surface area (Å²) in [4.78, 5) is 22.7. The van der Waals surface area contributed by atoms with Crippen molar-refractivity contribution >= 4 is 21.7 Å². The fourth-order valence-electron chi connectivity index (χ4n) is 1.80. The van der Waals surface area contributed by atoms with E-state index in [4.69, 9.17) is 5.11 Å². The molecule has 1 atom stereocenters. The summed E-state index contributed by atoms with van der Waals surface area (Å²) in [6, 6.07) is 8.42. The van der Waals surface area contributed by atoms with Gasteiger partial charge in [-0.1, -0.05) is 30.3 Å². The van der Waals surface area contributed by atoms with E-state index in [-0.39, 0.29) is 18.8 Å². The number of amides is 1. The van der Waals surface area contributed by atoms with Crippen molar-refractivity contribution in [3.8, 4) is 0 Å². The number of carbonyl (C=O) groups excluding carboxylic acids is 1. The van der Waals surface area contributed by atoms with Crippen LogP contribution >= 0.6 is 0 Å². The first-order chi connectivity index (χ1) is 10.3. The maximum absolute atomic E-state index is 12.1. The molecule has 7 nitrogen and oxygen atoms in total. The molecule has 3 N–H and O–H groups in total. The first-order valence-electron chi connectivity index (χ1n) is 6.72. The topological polar surface area (TPSA) is 113 Å². The van der Waals surface area contributed by atoms with Gasteiger partial charge in [-0.15, -0.1) is 0 Å². The molecule has 0 aliphatic carbocycles. The van der Waals surface area contributed by atoms with Crippen LogP contribution in [0.2, 0.25) is 0 Å². The molecule has 0 fully saturated rings. The summed E-state index contributed by atoms with van der Waals surface area (Å²) in [6.45, 7) is -0.352. The number of carboxylic acids is 1. The summed E-state index contributed by atoms with van der Waals surface area (Å²) in [6.07, 6.45) is 1.40. The van der Waals surface area contributed by atoms with E-state index in [0.717, 1.165) is 11.8 Å². The van der Waals surface area contributed by atoms with Crippen molar-refractivity contribution in [2.75, 3.05) is 25.1 Å². The Morgan fingerprint density at radius 3 is 2.41 bits per heavy atom. The fraction of sp³-hybridized carbons (Fsp3) is 0.429. The number of hydrogen-bond acceptors (Lipinski definition) is 5. The predicted molar refractivity (Wildman–Crippen MR) is 82.3 cm³/mol. The van der Waals surface area contributed by atoms with Gasteiger partial charge >= 0.3 is 5.97 Å². The molecule has 0 radical (unpaired) electrons. The van der Waals surface area contributed by atoms with Crippen molar-refractivity contribution < 1.29 is 23.1 Å². The molecule has 22 heavy (non-hydrogen) atoms. The van der Waals surface area contributed by atoms with Crippen LogP contribution in [0.3, 0.4) is 0 Å². The van der Waals surface area contributed by atoms with Crippen LogP contribution < -0.4 is 10.6 Å². The van der Waals surface area contributed by atoms with Gasteiger partial charge in [-0.05, 0) is 12.0 Å². The molecule has 1 aromatic carbocycles. The summed E-state index contributed by atoms with van der Waals surface area (Å²) in [7, 11) is -3.16. The summed E-state index contributed by atoms with van der Waals surface area (Å²) in [5.41, 5.74) is 0.878. The zero-order chi connectivity index (χ0) is 16.6. The zero-order valence-corrected chi connectivity index (χ0v) is 13.1. The Morgan fingerprint density at radius 2 is 1.86 bits per heavy atom. The predicted octanol–water partition coefficient (Wildman–Crippen LogP) is -0.567. The maximum atomic E-state index is 12.1. The number of rotatable bonds is 9. The van der Waals surface area contributed by atoms with Crippen molar-refractivity contribution in [3.05, 3.63) is 35.9 Å². The SMILES string of the molecule is CS(=O)(=O)CCNC(=O)C(Cc1ccccc1)NCC(=O)O. The van der Waals surface area contributed by atoms with Gasteiger partial charge in [0.25, 0.3) is 0 Å². The van der Waals surface area contributed by atoms with E-state index in [1.54, 1.807) is 0 Å². The van der Waals surface area contributed by atoms with Crippen LogP contribution in [0.4, 0.5) is 0 Å². The molecule has 0 saturated heterocycles. The van der Waals surface area contributed by atoms with E-state index in [0.29, 0.717) is 6.42 Å². The van der Waals surface area contributed by atoms with Crippen molar-refractivity contribution in [3.63, 3.8) is 0 Å². The highest BCUT2D eigenvalue weighted by molar-refractivity contribution is 7.90. The van der Waals surface area contributed by atoms with Gasteiger partial charge in [0.1, 0.15) is 9.84 Å². The Morgan fingerprint density at radius 1 is 1.23 bits per heavy atom. The van der Waals surface area contributed by atoms with E-state index in [9.17, 15) is 18.0 Å². The zero-order valence-electron chi connectivity index (χ0n) is 12.3. The first-order valence-corrected chi connectivity index (χ1v) is 8.78. The van der Waals surface area contributed by atoms with Crippen LogP contribution in [0.15, 0.2) is 30.3 Å². The van der Waals surface area contributed by atoms with Crippen molar-refractivity contribution in [1.29, 1.82) is 0 Å². The van der Waals surface area contributed by atoms with E-state index >= 15 is 0 Å². The third kappa shape index (κ3) is 7.75. The quantitative estimate of drug-likeness (QED) is 0.560. The van der Waals surface area contributed by atoms with Crippen LogP contribution in [-0.4, -0.2) is 56.5 Å². The van der Waals surface area contributed by atoms with Crippen LogP contribution in [0.1, 0.15) is 5.56 Å². The third-order valence-electron chi connectivity index (χ3n) is 2.87. The molecule has 122 valence electrons. The number of sulfone groups is 1. The molecule has 0 aliphatic rings. The molecule has 1 rings (SSSR count). The van der Waals surface area contributed by atoms with Gasteiger partial charge in [-0.2, -0.15) is 0 Å². The van der Waals surface area contributed by atoms with Gasteiger partial charge in [0.15, 0.2) is 0 Å². The van der Waals surface area contributed by atoms with Crippen molar-refractivity contribution in [1.82, 2.24) is 10.6 Å². The molecule has 0 spiro atoms. The van der Waals surface area contributed by atoms with E-state index in [1.165, 1.54) is 0 Å². The van der Waals surface area contributed by atoms with Crippen molar-refractivity contribution in [2.45, 2.75) is 12.5 Å². The molecule has 0 bridgehead atoms. The third-order valence-corrected chi connectivity index (χ3v) is 3.82. The minimum atomic E-state index is -3.16. The number of aliphatic carboxylic acids is 1. The molecule has 0 aromatic heterocycles. The summed E-state index contributed by atoms with van der Waals surface area (Å²) < 4.78 is 22.1. The van der Waals surface area contributed by atoms with Gasteiger partial charge in [-0.3, -0.25) is 14.9 Å². The number of carbonyl (C=O) groups is 2. The van der Waals surface area contributed by atoms with Gasteiger partial charge in [-0.25, -0.2) is 8.42 Å². The average Bonchev–Trinajstić information content (AvgIpc) is 2.42. The van der Waals surface area contributed by atoms with E-state index in [1.807, 2.05) is 30.3 Å². The molecule has 1 unspecified atom stereocenters. The van der Waals surface area contributed by atoms with Gasteiger partial charge in [0, 0.05) is 12.8 Å². The van der Waals surface area contributed by atoms with Gasteiger partial charge in [0.05, 0.1) is 18.3 Å². The molecule has 0 saturated carbocycles. The largest absolute Gasteiger partial charge is 0.480 e. The van der Waals surface area contributed by atoms with Crippen molar-refractivity contribution in [2.24, 2.45) is 0 Å². The smallest absolute Gasteiger partial charge is 0.317 e. The van der Waals surface area contributed by atoms with Gasteiger partial charge < -0.3 is 10.4 Å². The highest BCUT2D eigenvalue weighted by atomic mass is 32.2. The molecule has 1 aromatic rings. The monoisotopic (exact) mass is 328 g/mol. The summed E-state index contributed by atoms with van der Waals surface area (Å²) >= 11 is 0. The molecule has 0 aliphatic heterocycles. The molecule has 0 heterocycles. The standard InChI is InChI=1S/C14H20N2O5S/c1-22(20,21)8-7-15-14(19)12(16-10-13(17)18)9-11-5-3-2-4-6-11/h2-6,12,16H,7-10H2,1H3,(H,15,19)(H,17,18). The minimum Gasteiger partial charge on any atom is -0.480 e. The molecular weight excluding hydrogens is 308 g/mol. The Kier molecular flexibility index (Phi) is 7.00. The van der Waals surface area contributed by atoms with Crippen LogP contribution in [0, 0.1) is 0 Å². The lowest BCUT2D eigenvalue weighted by molar-refractivity contribution is -0.136. The first kappa shape index (κ1) is 18.1. The van der Waals surface area contributed by atoms with E-state index in [2.05, 4.69) is 10.6 Å². The number of benzene rings is 1. The normalized spacial score (nSPS) is 12.6. The highest BCUT2D eigenvalue weighted by Crippen LogP contribution is 2.03. The Hall–Kier alpha value is -1.93. The number of hydrogen-bond donors (Lipinski definition) is 3. The van der Waals surface area contributed by atoms with E-state index < -0.39 is 27.8 Å². The lowest BCUT2D eigenvalue weighted by Crippen LogP contribution is -2.48. The van der Waals surface area contributed by atoms with Gasteiger partial charge in [0.2, 0.25) is 5.91 Å². The number of carboxylic acid groups (broad SMARTS) is 1. The minimum absolute atomic E-state index is 0.00227.